The lowest BCUT2D eigenvalue weighted by Crippen LogP contribution is -2.46. The molecular weight excluding hydrogens is 404 g/mol. The van der Waals surface area contributed by atoms with Crippen LogP contribution in [0.5, 0.6) is 5.75 Å². The highest BCUT2D eigenvalue weighted by Crippen LogP contribution is 2.26. The molecule has 3 rings (SSSR count). The van der Waals surface area contributed by atoms with E-state index in [9.17, 15) is 13.6 Å². The van der Waals surface area contributed by atoms with Crippen LogP contribution in [0.2, 0.25) is 0 Å². The van der Waals surface area contributed by atoms with Crippen molar-refractivity contribution in [1.29, 1.82) is 0 Å². The van der Waals surface area contributed by atoms with Crippen LogP contribution in [-0.4, -0.2) is 40.1 Å². The third-order valence-electron chi connectivity index (χ3n) is 5.21. The molecule has 160 valence electrons. The first-order chi connectivity index (χ1) is 13.5. The number of ether oxygens (including phenoxy) is 1. The molecule has 0 spiro atoms. The summed E-state index contributed by atoms with van der Waals surface area (Å²) in [5.74, 6) is 0.135. The predicted molar refractivity (Wildman–Crippen MR) is 107 cm³/mol. The Labute approximate surface area is 174 Å². The highest BCUT2D eigenvalue weighted by Gasteiger charge is 2.26. The first kappa shape index (κ1) is 23.0. The number of nitrogens with one attached hydrogen (secondary N) is 1. The van der Waals surface area contributed by atoms with Gasteiger partial charge in [0.05, 0.1) is 11.4 Å². The van der Waals surface area contributed by atoms with E-state index >= 15 is 0 Å². The lowest BCUT2D eigenvalue weighted by Gasteiger charge is -2.29. The van der Waals surface area contributed by atoms with Crippen LogP contribution in [0, 0.1) is 12.8 Å². The summed E-state index contributed by atoms with van der Waals surface area (Å²) in [6.07, 6.45) is 5.70. The van der Waals surface area contributed by atoms with E-state index in [-0.39, 0.29) is 35.8 Å². The normalized spacial score (nSPS) is 15.6. The van der Waals surface area contributed by atoms with Gasteiger partial charge in [0.1, 0.15) is 5.75 Å². The SMILES string of the molecule is Cc1c(C(=O)NC(CN)C2CCCCC2)nnn1-c1ccc(OC(F)F)cc1.Cl. The monoisotopic (exact) mass is 429 g/mol. The second kappa shape index (κ2) is 10.5. The van der Waals surface area contributed by atoms with Crippen molar-refractivity contribution >= 4 is 18.3 Å². The Kier molecular flexibility index (Phi) is 8.33. The molecule has 3 N–H and O–H groups in total. The Morgan fingerprint density at radius 2 is 1.93 bits per heavy atom. The second-order valence-electron chi connectivity index (χ2n) is 7.02. The van der Waals surface area contributed by atoms with Crippen LogP contribution in [0.1, 0.15) is 48.3 Å². The van der Waals surface area contributed by atoms with Gasteiger partial charge >= 0.3 is 6.61 Å². The summed E-state index contributed by atoms with van der Waals surface area (Å²) in [5, 5.41) is 11.0. The summed E-state index contributed by atoms with van der Waals surface area (Å²) in [6.45, 7) is -0.764. The zero-order valence-corrected chi connectivity index (χ0v) is 17.0. The van der Waals surface area contributed by atoms with E-state index < -0.39 is 6.61 Å². The van der Waals surface area contributed by atoms with Crippen LogP contribution >= 0.6 is 12.4 Å². The molecule has 29 heavy (non-hydrogen) atoms. The molecule has 1 atom stereocenters. The fourth-order valence-corrected chi connectivity index (χ4v) is 3.70. The van der Waals surface area contributed by atoms with Crippen LogP contribution in [0.4, 0.5) is 8.78 Å². The molecule has 7 nitrogen and oxygen atoms in total. The molecule has 0 saturated heterocycles. The topological polar surface area (TPSA) is 95.1 Å². The van der Waals surface area contributed by atoms with Gasteiger partial charge in [-0.25, -0.2) is 4.68 Å². The van der Waals surface area contributed by atoms with Crippen LogP contribution in [0.3, 0.4) is 0 Å². The summed E-state index contributed by atoms with van der Waals surface area (Å²) >= 11 is 0. The van der Waals surface area contributed by atoms with Gasteiger partial charge in [0.25, 0.3) is 5.91 Å². The lowest BCUT2D eigenvalue weighted by molar-refractivity contribution is -0.0498. The lowest BCUT2D eigenvalue weighted by atomic mass is 9.84. The zero-order valence-electron chi connectivity index (χ0n) is 16.2. The van der Waals surface area contributed by atoms with Crippen molar-refractivity contribution in [2.45, 2.75) is 51.7 Å². The number of hydrogen-bond acceptors (Lipinski definition) is 5. The third kappa shape index (κ3) is 5.63. The van der Waals surface area contributed by atoms with E-state index in [2.05, 4.69) is 20.4 Å². The number of halogens is 3. The molecular formula is C19H26ClF2N5O2. The molecule has 1 heterocycles. The van der Waals surface area contributed by atoms with Gasteiger partial charge < -0.3 is 15.8 Å². The molecule has 1 aliphatic carbocycles. The maximum Gasteiger partial charge on any atom is 0.387 e. The van der Waals surface area contributed by atoms with Crippen LogP contribution in [0.15, 0.2) is 24.3 Å². The van der Waals surface area contributed by atoms with Crippen molar-refractivity contribution in [1.82, 2.24) is 20.3 Å². The van der Waals surface area contributed by atoms with Crippen LogP contribution in [-0.2, 0) is 0 Å². The first-order valence-corrected chi connectivity index (χ1v) is 9.48. The van der Waals surface area contributed by atoms with E-state index in [0.29, 0.717) is 23.8 Å². The summed E-state index contributed by atoms with van der Waals surface area (Å²) < 4.78 is 30.4. The van der Waals surface area contributed by atoms with Crippen molar-refractivity contribution in [3.8, 4) is 11.4 Å². The predicted octanol–water partition coefficient (Wildman–Crippen LogP) is 3.24. The van der Waals surface area contributed by atoms with Gasteiger partial charge in [-0.1, -0.05) is 24.5 Å². The smallest absolute Gasteiger partial charge is 0.387 e. The minimum absolute atomic E-state index is 0. The molecule has 1 unspecified atom stereocenters. The van der Waals surface area contributed by atoms with Crippen LogP contribution < -0.4 is 15.8 Å². The van der Waals surface area contributed by atoms with E-state index in [1.54, 1.807) is 19.1 Å². The highest BCUT2D eigenvalue weighted by molar-refractivity contribution is 5.93. The Morgan fingerprint density at radius 1 is 1.28 bits per heavy atom. The molecule has 0 radical (unpaired) electrons. The molecule has 1 aromatic heterocycles. The minimum atomic E-state index is -2.88. The number of hydrogen-bond donors (Lipinski definition) is 2. The van der Waals surface area contributed by atoms with Gasteiger partial charge in [0, 0.05) is 12.6 Å². The summed E-state index contributed by atoms with van der Waals surface area (Å²) in [4.78, 5) is 12.7. The number of amides is 1. The van der Waals surface area contributed by atoms with Crippen molar-refractivity contribution < 1.29 is 18.3 Å². The number of alkyl halides is 2. The van der Waals surface area contributed by atoms with E-state index in [0.717, 1.165) is 25.7 Å². The van der Waals surface area contributed by atoms with Crippen LogP contribution in [0.25, 0.3) is 5.69 Å². The van der Waals surface area contributed by atoms with Crippen molar-refractivity contribution in [3.05, 3.63) is 35.7 Å². The maximum absolute atomic E-state index is 12.7. The molecule has 1 aromatic carbocycles. The molecule has 0 bridgehead atoms. The standard InChI is InChI=1S/C19H25F2N5O2.ClH/c1-12-17(18(27)23-16(11-22)13-5-3-2-4-6-13)24-25-26(12)14-7-9-15(10-8-14)28-19(20)21;/h7-10,13,16,19H,2-6,11,22H2,1H3,(H,23,27);1H. The Hall–Kier alpha value is -2.26. The van der Waals surface area contributed by atoms with Gasteiger partial charge in [-0.2, -0.15) is 8.78 Å². The average molecular weight is 430 g/mol. The fraction of sp³-hybridized carbons (Fsp3) is 0.526. The molecule has 2 aromatic rings. The fourth-order valence-electron chi connectivity index (χ4n) is 3.70. The number of carbonyl (C=O) groups excluding carboxylic acids is 1. The highest BCUT2D eigenvalue weighted by atomic mass is 35.5. The minimum Gasteiger partial charge on any atom is -0.435 e. The van der Waals surface area contributed by atoms with E-state index in [1.165, 1.54) is 23.2 Å². The van der Waals surface area contributed by atoms with E-state index in [4.69, 9.17) is 5.73 Å². The first-order valence-electron chi connectivity index (χ1n) is 9.48. The molecule has 1 fully saturated rings. The van der Waals surface area contributed by atoms with Gasteiger partial charge in [-0.3, -0.25) is 4.79 Å². The number of benzene rings is 1. The summed E-state index contributed by atoms with van der Waals surface area (Å²) in [5.41, 5.74) is 7.26. The van der Waals surface area contributed by atoms with Crippen molar-refractivity contribution in [2.24, 2.45) is 11.7 Å². The summed E-state index contributed by atoms with van der Waals surface area (Å²) in [7, 11) is 0. The Bertz CT molecular complexity index is 794. The number of nitrogens with two attached hydrogens (primary N) is 1. The molecule has 1 aliphatic rings. The molecule has 10 heteroatoms. The molecule has 1 saturated carbocycles. The molecule has 1 amide bonds. The number of nitrogens with zero attached hydrogens (tertiary/aromatic N) is 3. The molecule has 0 aliphatic heterocycles. The van der Waals surface area contributed by atoms with E-state index in [1.807, 2.05) is 0 Å². The second-order valence-corrected chi connectivity index (χ2v) is 7.02. The van der Waals surface area contributed by atoms with Gasteiger partial charge in [-0.15, -0.1) is 17.5 Å². The zero-order chi connectivity index (χ0) is 20.1. The number of carbonyl (C=O) groups is 1. The number of aromatic nitrogens is 3. The van der Waals surface area contributed by atoms with Crippen molar-refractivity contribution in [3.63, 3.8) is 0 Å². The third-order valence-corrected chi connectivity index (χ3v) is 5.21. The van der Waals surface area contributed by atoms with Gasteiger partial charge in [0.15, 0.2) is 5.69 Å². The van der Waals surface area contributed by atoms with Crippen molar-refractivity contribution in [2.75, 3.05) is 6.54 Å². The van der Waals surface area contributed by atoms with Gasteiger partial charge in [0.2, 0.25) is 0 Å². The number of rotatable bonds is 7. The quantitative estimate of drug-likeness (QED) is 0.704. The summed E-state index contributed by atoms with van der Waals surface area (Å²) in [6, 6.07) is 5.90. The Balaban J connectivity index is 0.00000300. The maximum atomic E-state index is 12.7. The average Bonchev–Trinajstić information content (AvgIpc) is 3.08. The van der Waals surface area contributed by atoms with Gasteiger partial charge in [-0.05, 0) is 49.9 Å². The largest absolute Gasteiger partial charge is 0.435 e. The Morgan fingerprint density at radius 3 is 2.52 bits per heavy atom.